The van der Waals surface area contributed by atoms with E-state index in [0.29, 0.717) is 75.5 Å². The Labute approximate surface area is 802 Å². The number of phenols is 1. The Morgan fingerprint density at radius 2 is 0.971 bits per heavy atom. The number of nitrogens with zero attached hydrogens (tertiary/aromatic N) is 5. The van der Waals surface area contributed by atoms with E-state index in [4.69, 9.17) is 22.9 Å². The predicted octanol–water partition coefficient (Wildman–Crippen LogP) is 2.05. The molecule has 36 nitrogen and oxygen atoms in total. The lowest BCUT2D eigenvalue weighted by Crippen LogP contribution is -2.62. The molecule has 0 bridgehead atoms. The van der Waals surface area contributed by atoms with E-state index in [-0.39, 0.29) is 121 Å². The Morgan fingerprint density at radius 3 is 1.56 bits per heavy atom. The second-order valence-electron chi connectivity index (χ2n) is 35.4. The van der Waals surface area contributed by atoms with E-state index in [1.54, 1.807) is 129 Å². The molecule has 19 N–H and O–H groups in total. The molecule has 740 valence electrons. The fourth-order valence-corrected chi connectivity index (χ4v) is 18.1. The summed E-state index contributed by atoms with van der Waals surface area (Å²) in [6.07, 6.45) is 0.215. The summed E-state index contributed by atoms with van der Waals surface area (Å²) in [6, 6.07) is 17.2. The number of carbonyl (C=O) groups is 16. The minimum Gasteiger partial charge on any atom is -0.508 e. The molecular weight excluding hydrogens is 1800 g/mol. The largest absolute Gasteiger partial charge is 0.508 e. The summed E-state index contributed by atoms with van der Waals surface area (Å²) >= 11 is 0.678. The van der Waals surface area contributed by atoms with Gasteiger partial charge >= 0.3 is 0 Å². The van der Waals surface area contributed by atoms with Crippen LogP contribution in [0.25, 0.3) is 10.9 Å². The van der Waals surface area contributed by atoms with Crippen LogP contribution in [0.15, 0.2) is 152 Å². The number of thioether (sulfide) groups is 1. The maximum absolute atomic E-state index is 15.9. The van der Waals surface area contributed by atoms with Gasteiger partial charge in [0.15, 0.2) is 17.5 Å². The molecule has 13 atom stereocenters. The molecule has 40 heteroatoms. The van der Waals surface area contributed by atoms with Crippen molar-refractivity contribution in [2.45, 2.75) is 215 Å². The van der Waals surface area contributed by atoms with Gasteiger partial charge in [-0.1, -0.05) is 149 Å². The standard InChI is InChI=1S/C98H124F3N19O17S/c1-7-8-28-78-97(136)120-41-20-30-77(120)92(131)112-72(50-81(104)122)90(129)115-85(56(2)3)98(137)117(5)79(47-57-21-11-9-12-22-57)93(132)113-74(45-59-31-33-61(51-103)34-32-59)95(134)119-40-19-29-76(119)91(130)111-71(49-63-52-106-68-26-16-15-25-65(63)68)89(128)110-70(44-60-35-37-64(121)38-36-60)88(127)109-69(27-17-18-39-102)87(126)114-75(86(125)107-53-82(105)123)54-138-55-83(124)108-73(46-62-42-66(99)84(101)67(100)43-62)94(133)118(6)80(96(135)116(78)4)48-58-23-13-10-14-24-58/h9-16,21-26,31-38,42-43,52,56,69-80,85,106,121H,7-8,17-20,27-30,39-41,44-51,53-55,102-103H2,1-6H3,(H2,104,122)(H2,105,123)(H,107,125)(H,108,124)(H,109,127)(H,110,128)(H,111,130)(H,112,131)(H,113,132)(H,114,126)(H,115,129)/t69-,70-,71-,72-,73-,74-,75-,76+,77+,78-,79-,80-,85-/m0/s1. The Hall–Kier alpha value is -13.8. The van der Waals surface area contributed by atoms with Crippen LogP contribution in [0.1, 0.15) is 130 Å². The molecule has 7 aromatic rings. The van der Waals surface area contributed by atoms with Gasteiger partial charge in [0.25, 0.3) is 0 Å². The zero-order valence-corrected chi connectivity index (χ0v) is 78.9. The molecular formula is C98H124F3N19O17S. The minimum absolute atomic E-state index is 0.00833. The summed E-state index contributed by atoms with van der Waals surface area (Å²) in [7, 11) is 3.84. The number of primary amides is 2. The number of nitrogens with one attached hydrogen (secondary N) is 10. The Morgan fingerprint density at radius 1 is 0.478 bits per heavy atom. The number of fused-ring (bicyclic) bond motifs is 3. The van der Waals surface area contributed by atoms with Crippen molar-refractivity contribution < 1.29 is 95.0 Å². The number of nitrogens with two attached hydrogens (primary N) is 4. The van der Waals surface area contributed by atoms with Crippen LogP contribution in [0.4, 0.5) is 13.2 Å². The average Bonchev–Trinajstić information content (AvgIpc) is 1.51. The quantitative estimate of drug-likeness (QED) is 0.0272. The van der Waals surface area contributed by atoms with Gasteiger partial charge in [-0.3, -0.25) is 76.7 Å². The molecule has 6 aromatic carbocycles. The molecule has 16 amide bonds. The maximum atomic E-state index is 15.9. The third-order valence-corrected chi connectivity index (χ3v) is 26.0. The first-order valence-electron chi connectivity index (χ1n) is 46.2. The third-order valence-electron chi connectivity index (χ3n) is 25.0. The van der Waals surface area contributed by atoms with Crippen molar-refractivity contribution in [3.8, 4) is 5.75 Å². The van der Waals surface area contributed by atoms with E-state index in [1.165, 1.54) is 55.2 Å². The van der Waals surface area contributed by atoms with Gasteiger partial charge in [-0.25, -0.2) is 13.2 Å². The van der Waals surface area contributed by atoms with E-state index >= 15 is 66.3 Å². The molecule has 138 heavy (non-hydrogen) atoms. The number of aromatic hydroxyl groups is 1. The van der Waals surface area contributed by atoms with Crippen LogP contribution in [-0.2, 0) is 122 Å². The summed E-state index contributed by atoms with van der Waals surface area (Å²) in [5.74, 6) is -22.5. The number of phenolic OH excluding ortho intramolecular Hbond substituents is 1. The molecule has 3 fully saturated rings. The number of halogens is 3. The van der Waals surface area contributed by atoms with Crippen molar-refractivity contribution in [2.24, 2.45) is 28.9 Å². The van der Waals surface area contributed by atoms with Gasteiger partial charge in [0.1, 0.15) is 84.3 Å². The number of rotatable bonds is 26. The summed E-state index contributed by atoms with van der Waals surface area (Å²) in [4.78, 5) is 249. The number of H-pyrrole nitrogens is 1. The first-order chi connectivity index (χ1) is 65.9. The summed E-state index contributed by atoms with van der Waals surface area (Å²) in [5.41, 5.74) is 26.7. The lowest BCUT2D eigenvalue weighted by atomic mass is 9.98. The lowest BCUT2D eigenvalue weighted by molar-refractivity contribution is -0.152. The van der Waals surface area contributed by atoms with Crippen molar-refractivity contribution in [2.75, 3.05) is 58.8 Å². The average molecular weight is 1930 g/mol. The number of para-hydroxylation sites is 1. The first kappa shape index (κ1) is 106. The van der Waals surface area contributed by atoms with Gasteiger partial charge in [-0.05, 0) is 133 Å². The van der Waals surface area contributed by atoms with Crippen molar-refractivity contribution in [1.29, 1.82) is 0 Å². The molecule has 0 saturated carbocycles. The SMILES string of the molecule is CCCC[C@H]1C(=O)N2CCC[C@@H]2C(=O)N[C@@H](CC(N)=O)C(=O)N[C@@H](C(C)C)C(=O)N(C)[C@@H](Cc2ccccc2)C(=O)N[C@@H](Cc2ccc(CN)cc2)C(=O)N2CCC[C@@H]2C(=O)N[C@@H](Cc2c[nH]c3ccccc23)C(=O)N[C@@H](Cc2ccc(O)cc2)C(=O)N[C@@H](CCCCN)C(=O)N[C@H](C(=O)NCC(N)=O)CSCC(=O)N[C@@H](Cc2cc(F)c(F)c(F)c2)C(=O)N(C)[C@@H](Cc2ccccc2)C(=O)N1C. The van der Waals surface area contributed by atoms with Gasteiger partial charge in [0, 0.05) is 102 Å². The van der Waals surface area contributed by atoms with E-state index in [0.717, 1.165) is 20.3 Å². The second-order valence-corrected chi connectivity index (χ2v) is 36.4. The van der Waals surface area contributed by atoms with Crippen molar-refractivity contribution in [3.05, 3.63) is 208 Å². The lowest BCUT2D eigenvalue weighted by Gasteiger charge is -2.38. The molecule has 10 rings (SSSR count). The highest BCUT2D eigenvalue weighted by Crippen LogP contribution is 2.29. The smallest absolute Gasteiger partial charge is 0.246 e. The van der Waals surface area contributed by atoms with Crippen LogP contribution in [0.5, 0.6) is 5.75 Å². The number of carbonyl (C=O) groups excluding carboxylic acids is 16. The summed E-state index contributed by atoms with van der Waals surface area (Å²) < 4.78 is 45.2. The van der Waals surface area contributed by atoms with Crippen molar-refractivity contribution in [3.63, 3.8) is 0 Å². The maximum Gasteiger partial charge on any atom is 0.246 e. The zero-order chi connectivity index (χ0) is 100. The van der Waals surface area contributed by atoms with Crippen LogP contribution in [0, 0.1) is 23.4 Å². The van der Waals surface area contributed by atoms with E-state index in [9.17, 15) is 28.7 Å². The normalized spacial score (nSPS) is 23.1. The highest BCUT2D eigenvalue weighted by atomic mass is 32.2. The fraction of sp³-hybridized carbons (Fsp3) is 0.449. The van der Waals surface area contributed by atoms with E-state index in [2.05, 4.69) is 52.8 Å². The monoisotopic (exact) mass is 1930 g/mol. The molecule has 1 aromatic heterocycles. The molecule has 3 aliphatic heterocycles. The Bertz CT molecular complexity index is 5470. The van der Waals surface area contributed by atoms with Crippen LogP contribution >= 0.6 is 11.8 Å². The predicted molar refractivity (Wildman–Crippen MR) is 507 cm³/mol. The molecule has 0 unspecified atom stereocenters. The molecule has 0 aliphatic carbocycles. The summed E-state index contributed by atoms with van der Waals surface area (Å²) in [6.45, 7) is 4.37. The van der Waals surface area contributed by atoms with E-state index < -0.39 is 227 Å². The third kappa shape index (κ3) is 29.2. The first-order valence-corrected chi connectivity index (χ1v) is 47.4. The van der Waals surface area contributed by atoms with Gasteiger partial charge in [-0.15, -0.1) is 11.8 Å². The van der Waals surface area contributed by atoms with Gasteiger partial charge < -0.3 is 105 Å². The van der Waals surface area contributed by atoms with E-state index in [1.807, 2.05) is 6.92 Å². The van der Waals surface area contributed by atoms with Crippen molar-refractivity contribution >= 4 is 117 Å². The van der Waals surface area contributed by atoms with Crippen LogP contribution in [0.2, 0.25) is 0 Å². The second kappa shape index (κ2) is 50.9. The number of likely N-dealkylation sites (N-methyl/N-ethyl adjacent to an activating group) is 3. The zero-order valence-electron chi connectivity index (χ0n) is 78.1. The number of amides is 16. The van der Waals surface area contributed by atoms with Gasteiger partial charge in [0.05, 0.1) is 18.7 Å². The van der Waals surface area contributed by atoms with Crippen LogP contribution in [-0.4, -0.2) is 266 Å². The van der Waals surface area contributed by atoms with Gasteiger partial charge in [-0.2, -0.15) is 0 Å². The topological polar surface area (TPSA) is 538 Å². The molecule has 4 heterocycles. The number of unbranched alkanes of at least 4 members (excludes halogenated alkanes) is 2. The number of hydrogen-bond acceptors (Lipinski definition) is 20. The minimum atomic E-state index is -1.87. The van der Waals surface area contributed by atoms with Crippen LogP contribution in [0.3, 0.4) is 0 Å². The fourth-order valence-electron chi connectivity index (χ4n) is 17.3. The summed E-state index contributed by atoms with van der Waals surface area (Å²) in [5, 5.41) is 35.2. The molecule has 3 saturated heterocycles. The molecule has 3 aliphatic rings. The van der Waals surface area contributed by atoms with Crippen LogP contribution < -0.4 is 70.8 Å². The van der Waals surface area contributed by atoms with Crippen molar-refractivity contribution in [1.82, 2.24) is 77.3 Å². The Kier molecular flexibility index (Phi) is 39.2. The molecule has 0 spiro atoms. The highest BCUT2D eigenvalue weighted by molar-refractivity contribution is 8.00. The Balaban J connectivity index is 1.06. The molecule has 0 radical (unpaired) electrons. The number of hydrogen-bond donors (Lipinski definition) is 15. The number of benzene rings is 6. The van der Waals surface area contributed by atoms with Gasteiger partial charge in [0.2, 0.25) is 94.5 Å². The number of aromatic amines is 1. The number of aromatic nitrogens is 1. The highest BCUT2D eigenvalue weighted by Gasteiger charge is 2.47.